The summed E-state index contributed by atoms with van der Waals surface area (Å²) in [6.45, 7) is 1.71. The van der Waals surface area contributed by atoms with Crippen molar-refractivity contribution in [3.63, 3.8) is 0 Å². The molecule has 0 aliphatic heterocycles. The van der Waals surface area contributed by atoms with Gasteiger partial charge in [-0.25, -0.2) is 0 Å². The Morgan fingerprint density at radius 2 is 1.96 bits per heavy atom. The first-order valence-electron chi connectivity index (χ1n) is 6.80. The number of hydrazine groups is 1. The number of ether oxygens (including phenoxy) is 1. The van der Waals surface area contributed by atoms with E-state index in [-0.39, 0.29) is 6.61 Å². The van der Waals surface area contributed by atoms with E-state index in [1.807, 2.05) is 13.0 Å². The minimum atomic E-state index is -0.480. The van der Waals surface area contributed by atoms with E-state index in [4.69, 9.17) is 16.3 Å². The highest BCUT2D eigenvalue weighted by Gasteiger charge is 2.10. The summed E-state index contributed by atoms with van der Waals surface area (Å²) < 4.78 is 6.97. The Morgan fingerprint density at radius 3 is 2.62 bits per heavy atom. The van der Waals surface area contributed by atoms with Crippen molar-refractivity contribution < 1.29 is 14.3 Å². The lowest BCUT2D eigenvalue weighted by molar-refractivity contribution is -0.123. The topological polar surface area (TPSA) is 67.4 Å². The molecule has 24 heavy (non-hydrogen) atoms. The summed E-state index contributed by atoms with van der Waals surface area (Å²) in [4.78, 5) is 23.7. The van der Waals surface area contributed by atoms with E-state index >= 15 is 0 Å². The molecule has 2 aromatic carbocycles. The predicted octanol–water partition coefficient (Wildman–Crippen LogP) is 3.86. The second-order valence-corrected chi connectivity index (χ2v) is 7.28. The molecule has 2 amide bonds. The van der Waals surface area contributed by atoms with Gasteiger partial charge in [0.1, 0.15) is 5.75 Å². The number of amides is 2. The standard InChI is InChI=1S/C16H13BrClIN2O3/c1-9-2-3-10(6-13(9)19)16(23)21-20-15(22)8-24-14-5-4-11(18)7-12(14)17/h2-7H,8H2,1H3,(H,20,22)(H,21,23). The van der Waals surface area contributed by atoms with Gasteiger partial charge >= 0.3 is 0 Å². The fraction of sp³-hybridized carbons (Fsp3) is 0.125. The van der Waals surface area contributed by atoms with Crippen LogP contribution in [0.15, 0.2) is 40.9 Å². The second-order valence-electron chi connectivity index (χ2n) is 4.83. The third kappa shape index (κ3) is 5.35. The van der Waals surface area contributed by atoms with E-state index in [0.717, 1.165) is 9.13 Å². The van der Waals surface area contributed by atoms with E-state index in [9.17, 15) is 9.59 Å². The highest BCUT2D eigenvalue weighted by atomic mass is 127. The first kappa shape index (κ1) is 19.0. The maximum Gasteiger partial charge on any atom is 0.276 e. The Labute approximate surface area is 166 Å². The van der Waals surface area contributed by atoms with Gasteiger partial charge in [0.2, 0.25) is 0 Å². The molecule has 126 valence electrons. The van der Waals surface area contributed by atoms with Crippen molar-refractivity contribution in [3.8, 4) is 5.75 Å². The summed E-state index contributed by atoms with van der Waals surface area (Å²) in [7, 11) is 0. The summed E-state index contributed by atoms with van der Waals surface area (Å²) in [6, 6.07) is 10.3. The van der Waals surface area contributed by atoms with Crippen LogP contribution in [0.2, 0.25) is 5.02 Å². The lowest BCUT2D eigenvalue weighted by Gasteiger charge is -2.10. The number of carbonyl (C=O) groups excluding carboxylic acids is 2. The zero-order valence-electron chi connectivity index (χ0n) is 12.5. The summed E-state index contributed by atoms with van der Waals surface area (Å²) in [5, 5.41) is 0.554. The molecule has 0 saturated carbocycles. The molecule has 0 heterocycles. The van der Waals surface area contributed by atoms with Crippen LogP contribution in [0.5, 0.6) is 5.75 Å². The van der Waals surface area contributed by atoms with Gasteiger partial charge in [-0.15, -0.1) is 0 Å². The number of benzene rings is 2. The quantitative estimate of drug-likeness (QED) is 0.473. The van der Waals surface area contributed by atoms with Crippen molar-refractivity contribution in [3.05, 3.63) is 60.6 Å². The molecule has 5 nitrogen and oxygen atoms in total. The molecule has 0 fully saturated rings. The molecule has 0 saturated heterocycles. The molecule has 0 radical (unpaired) electrons. The monoisotopic (exact) mass is 522 g/mol. The third-order valence-electron chi connectivity index (χ3n) is 3.00. The number of rotatable bonds is 4. The summed E-state index contributed by atoms with van der Waals surface area (Å²) in [5.74, 6) is -0.394. The van der Waals surface area contributed by atoms with Gasteiger partial charge in [0.15, 0.2) is 6.61 Å². The van der Waals surface area contributed by atoms with Crippen LogP contribution in [0.3, 0.4) is 0 Å². The Bertz CT molecular complexity index is 786. The van der Waals surface area contributed by atoms with Gasteiger partial charge in [-0.2, -0.15) is 0 Å². The van der Waals surface area contributed by atoms with Crippen molar-refractivity contribution in [2.24, 2.45) is 0 Å². The number of aryl methyl sites for hydroxylation is 1. The average molecular weight is 524 g/mol. The molecule has 2 N–H and O–H groups in total. The first-order chi connectivity index (χ1) is 11.4. The van der Waals surface area contributed by atoms with Crippen LogP contribution in [0, 0.1) is 10.5 Å². The summed E-state index contributed by atoms with van der Waals surface area (Å²) in [6.07, 6.45) is 0. The zero-order chi connectivity index (χ0) is 17.7. The minimum Gasteiger partial charge on any atom is -0.483 e. The molecule has 0 bridgehead atoms. The molecule has 0 unspecified atom stereocenters. The zero-order valence-corrected chi connectivity index (χ0v) is 17.0. The molecule has 0 aliphatic rings. The van der Waals surface area contributed by atoms with Gasteiger partial charge in [0, 0.05) is 14.2 Å². The summed E-state index contributed by atoms with van der Waals surface area (Å²) in [5.41, 5.74) is 6.21. The fourth-order valence-corrected chi connectivity index (χ4v) is 3.02. The van der Waals surface area contributed by atoms with Crippen molar-refractivity contribution in [2.75, 3.05) is 6.61 Å². The van der Waals surface area contributed by atoms with Gasteiger partial charge in [-0.05, 0) is 81.3 Å². The Morgan fingerprint density at radius 1 is 1.21 bits per heavy atom. The average Bonchev–Trinajstić information content (AvgIpc) is 2.54. The molecule has 0 spiro atoms. The van der Waals surface area contributed by atoms with Crippen molar-refractivity contribution in [2.45, 2.75) is 6.92 Å². The minimum absolute atomic E-state index is 0.244. The molecule has 0 atom stereocenters. The van der Waals surface area contributed by atoms with E-state index < -0.39 is 11.8 Å². The lowest BCUT2D eigenvalue weighted by Crippen LogP contribution is -2.43. The second kappa shape index (κ2) is 8.68. The van der Waals surface area contributed by atoms with Crippen LogP contribution in [0.4, 0.5) is 0 Å². The third-order valence-corrected chi connectivity index (χ3v) is 5.02. The number of nitrogens with one attached hydrogen (secondary N) is 2. The van der Waals surface area contributed by atoms with Crippen molar-refractivity contribution in [1.29, 1.82) is 0 Å². The number of carbonyl (C=O) groups is 2. The van der Waals surface area contributed by atoms with Gasteiger partial charge < -0.3 is 4.74 Å². The van der Waals surface area contributed by atoms with Gasteiger partial charge in [0.05, 0.1) is 4.47 Å². The highest BCUT2D eigenvalue weighted by molar-refractivity contribution is 14.1. The van der Waals surface area contributed by atoms with Crippen LogP contribution < -0.4 is 15.6 Å². The molecule has 8 heteroatoms. The number of halogens is 3. The Kier molecular flexibility index (Phi) is 6.88. The lowest BCUT2D eigenvalue weighted by atomic mass is 10.1. The van der Waals surface area contributed by atoms with Gasteiger partial charge in [-0.3, -0.25) is 20.4 Å². The van der Waals surface area contributed by atoms with Crippen LogP contribution in [0.25, 0.3) is 0 Å². The molecule has 2 rings (SSSR count). The van der Waals surface area contributed by atoms with Crippen molar-refractivity contribution in [1.82, 2.24) is 10.9 Å². The molecule has 0 aromatic heterocycles. The fourth-order valence-electron chi connectivity index (χ4n) is 1.70. The molecule has 2 aromatic rings. The highest BCUT2D eigenvalue weighted by Crippen LogP contribution is 2.27. The molecular weight excluding hydrogens is 510 g/mol. The maximum atomic E-state index is 12.0. The van der Waals surface area contributed by atoms with E-state index in [0.29, 0.717) is 20.8 Å². The Balaban J connectivity index is 1.84. The van der Waals surface area contributed by atoms with E-state index in [2.05, 4.69) is 49.4 Å². The van der Waals surface area contributed by atoms with Gasteiger partial charge in [-0.1, -0.05) is 17.7 Å². The molecule has 0 aliphatic carbocycles. The number of hydrogen-bond acceptors (Lipinski definition) is 3. The molecular formula is C16H13BrClIN2O3. The van der Waals surface area contributed by atoms with Gasteiger partial charge in [0.25, 0.3) is 11.8 Å². The van der Waals surface area contributed by atoms with Crippen LogP contribution >= 0.6 is 50.1 Å². The van der Waals surface area contributed by atoms with Crippen LogP contribution in [-0.2, 0) is 4.79 Å². The number of hydrogen-bond donors (Lipinski definition) is 2. The smallest absolute Gasteiger partial charge is 0.276 e. The predicted molar refractivity (Wildman–Crippen MR) is 104 cm³/mol. The van der Waals surface area contributed by atoms with E-state index in [1.165, 1.54) is 0 Å². The largest absolute Gasteiger partial charge is 0.483 e. The SMILES string of the molecule is Cc1ccc(C(=O)NNC(=O)COc2ccc(Cl)cc2Br)cc1I. The summed E-state index contributed by atoms with van der Waals surface area (Å²) >= 11 is 11.3. The van der Waals surface area contributed by atoms with Crippen molar-refractivity contribution >= 4 is 61.9 Å². The first-order valence-corrected chi connectivity index (χ1v) is 9.05. The van der Waals surface area contributed by atoms with Crippen LogP contribution in [0.1, 0.15) is 15.9 Å². The van der Waals surface area contributed by atoms with E-state index in [1.54, 1.807) is 30.3 Å². The Hall–Kier alpha value is -1.32. The normalized spacial score (nSPS) is 10.2. The maximum absolute atomic E-state index is 12.0. The van der Waals surface area contributed by atoms with Crippen LogP contribution in [-0.4, -0.2) is 18.4 Å².